The number of aliphatic hydroxyl groups is 1. The molecule has 11 heteroatoms. The van der Waals surface area contributed by atoms with Crippen LogP contribution in [0.5, 0.6) is 0 Å². The lowest BCUT2D eigenvalue weighted by molar-refractivity contribution is -0.123. The van der Waals surface area contributed by atoms with Crippen molar-refractivity contribution in [1.82, 2.24) is 14.9 Å². The Morgan fingerprint density at radius 3 is 2.56 bits per heavy atom. The number of nitriles is 1. The summed E-state index contributed by atoms with van der Waals surface area (Å²) in [5, 5.41) is 26.3. The zero-order valence-corrected chi connectivity index (χ0v) is 23.3. The largest absolute Gasteiger partial charge is 0.390 e. The Morgan fingerprint density at radius 1 is 1.15 bits per heavy atom. The van der Waals surface area contributed by atoms with Crippen LogP contribution in [-0.4, -0.2) is 61.9 Å². The minimum atomic E-state index is -4.02. The molecule has 39 heavy (non-hydrogen) atoms. The minimum absolute atomic E-state index is 0.0104. The summed E-state index contributed by atoms with van der Waals surface area (Å²) in [6.07, 6.45) is 3.48. The molecule has 1 aromatic heterocycles. The van der Waals surface area contributed by atoms with Crippen molar-refractivity contribution in [3.8, 4) is 6.07 Å². The lowest BCUT2D eigenvalue weighted by atomic mass is 9.97. The highest BCUT2D eigenvalue weighted by Crippen LogP contribution is 2.29. The van der Waals surface area contributed by atoms with Crippen LogP contribution in [0.4, 0.5) is 0 Å². The maximum Gasteiger partial charge on any atom is 0.262 e. The molecule has 0 unspecified atom stereocenters. The Labute approximate surface area is 232 Å². The quantitative estimate of drug-likeness (QED) is 0.325. The molecule has 0 aliphatic heterocycles. The van der Waals surface area contributed by atoms with Gasteiger partial charge in [0.1, 0.15) is 12.1 Å². The van der Waals surface area contributed by atoms with Gasteiger partial charge in [0.25, 0.3) is 5.91 Å². The number of aliphatic hydroxyl groups excluding tert-OH is 1. The van der Waals surface area contributed by atoms with Gasteiger partial charge in [0.05, 0.1) is 21.4 Å². The van der Waals surface area contributed by atoms with Crippen LogP contribution in [0.15, 0.2) is 59.5 Å². The molecule has 2 aromatic carbocycles. The van der Waals surface area contributed by atoms with Crippen LogP contribution in [0, 0.1) is 17.2 Å². The predicted molar refractivity (Wildman–Crippen MR) is 150 cm³/mol. The first-order chi connectivity index (χ1) is 18.7. The first kappa shape index (κ1) is 28.7. The van der Waals surface area contributed by atoms with Gasteiger partial charge in [-0.15, -0.1) is 11.3 Å². The number of thiophene rings is 1. The second-order valence-corrected chi connectivity index (χ2v) is 13.0. The summed E-state index contributed by atoms with van der Waals surface area (Å²) in [4.78, 5) is 26.6. The molecule has 1 aliphatic carbocycles. The van der Waals surface area contributed by atoms with Crippen LogP contribution in [0.2, 0.25) is 0 Å². The molecule has 0 bridgehead atoms. The Kier molecular flexibility index (Phi) is 9.35. The highest BCUT2D eigenvalue weighted by molar-refractivity contribution is 7.89. The molecular formula is C28H32N4O5S2. The number of hydrogen-bond acceptors (Lipinski definition) is 7. The zero-order chi connectivity index (χ0) is 28.0. The lowest BCUT2D eigenvalue weighted by Crippen LogP contribution is -2.50. The van der Waals surface area contributed by atoms with Gasteiger partial charge in [0, 0.05) is 24.8 Å². The summed E-state index contributed by atoms with van der Waals surface area (Å²) in [5.41, 5.74) is 0.0104. The fourth-order valence-electron chi connectivity index (χ4n) is 4.89. The van der Waals surface area contributed by atoms with Crippen molar-refractivity contribution in [2.24, 2.45) is 5.92 Å². The third-order valence-corrected chi connectivity index (χ3v) is 9.99. The minimum Gasteiger partial charge on any atom is -0.390 e. The SMILES string of the molecule is CN(C[C@H](O)CNC(=O)[C@H](CC1CCCC1)NC(=O)c1cc2ccccc2s1)S(=O)(=O)c1ccccc1C#N. The number of rotatable bonds is 11. The van der Waals surface area contributed by atoms with Crippen molar-refractivity contribution >= 4 is 43.3 Å². The summed E-state index contributed by atoms with van der Waals surface area (Å²) < 4.78 is 27.8. The van der Waals surface area contributed by atoms with Gasteiger partial charge in [-0.3, -0.25) is 9.59 Å². The second-order valence-electron chi connectivity index (χ2n) is 9.85. The summed E-state index contributed by atoms with van der Waals surface area (Å²) in [6, 6.07) is 16.4. The average molecular weight is 569 g/mol. The standard InChI is InChI=1S/C28H32N4O5S2/c1-32(39(36,37)26-13-7-5-11-21(26)16-29)18-22(33)17-30-27(34)23(14-19-8-2-3-9-19)31-28(35)25-15-20-10-4-6-12-24(20)38-25/h4-7,10-13,15,19,22-23,33H,2-3,8-9,14,17-18H2,1H3,(H,30,34)(H,31,35)/t22-,23+/m1/s1. The molecule has 1 aliphatic rings. The van der Waals surface area contributed by atoms with E-state index in [1.54, 1.807) is 6.07 Å². The average Bonchev–Trinajstić information content (AvgIpc) is 3.61. The maximum atomic E-state index is 13.2. The Morgan fingerprint density at radius 2 is 1.85 bits per heavy atom. The molecule has 3 aromatic rings. The number of sulfonamides is 1. The lowest BCUT2D eigenvalue weighted by Gasteiger charge is -2.24. The van der Waals surface area contributed by atoms with E-state index in [1.165, 1.54) is 36.6 Å². The van der Waals surface area contributed by atoms with Crippen molar-refractivity contribution in [1.29, 1.82) is 5.26 Å². The fourth-order valence-corrected chi connectivity index (χ4v) is 7.20. The van der Waals surface area contributed by atoms with Gasteiger partial charge in [-0.05, 0) is 42.0 Å². The van der Waals surface area contributed by atoms with Crippen molar-refractivity contribution in [2.75, 3.05) is 20.1 Å². The molecule has 0 radical (unpaired) electrons. The van der Waals surface area contributed by atoms with Crippen molar-refractivity contribution < 1.29 is 23.1 Å². The Bertz CT molecular complexity index is 1440. The van der Waals surface area contributed by atoms with Crippen LogP contribution in [0.3, 0.4) is 0 Å². The number of benzene rings is 2. The molecule has 206 valence electrons. The summed E-state index contributed by atoms with van der Waals surface area (Å²) in [6.45, 7) is -0.484. The number of likely N-dealkylation sites (N-methyl/N-ethyl adjacent to an activating group) is 1. The molecular weight excluding hydrogens is 536 g/mol. The highest BCUT2D eigenvalue weighted by atomic mass is 32.2. The molecule has 0 saturated heterocycles. The first-order valence-electron chi connectivity index (χ1n) is 12.9. The second kappa shape index (κ2) is 12.7. The van der Waals surface area contributed by atoms with Crippen LogP contribution in [-0.2, 0) is 14.8 Å². The molecule has 2 amide bonds. The molecule has 1 saturated carbocycles. The Balaban J connectivity index is 1.38. The Hall–Kier alpha value is -3.30. The van der Waals surface area contributed by atoms with Crippen molar-refractivity contribution in [3.63, 3.8) is 0 Å². The van der Waals surface area contributed by atoms with E-state index in [1.807, 2.05) is 36.4 Å². The highest BCUT2D eigenvalue weighted by Gasteiger charge is 2.29. The maximum absolute atomic E-state index is 13.2. The fraction of sp³-hybridized carbons (Fsp3) is 0.393. The predicted octanol–water partition coefficient (Wildman–Crippen LogP) is 3.25. The normalized spacial score (nSPS) is 15.6. The van der Waals surface area contributed by atoms with Crippen LogP contribution in [0.25, 0.3) is 10.1 Å². The number of carbonyl (C=O) groups is 2. The molecule has 1 heterocycles. The number of nitrogens with one attached hydrogen (secondary N) is 2. The summed E-state index contributed by atoms with van der Waals surface area (Å²) in [5.74, 6) is -0.419. The molecule has 2 atom stereocenters. The third kappa shape index (κ3) is 7.02. The van der Waals surface area contributed by atoms with Crippen LogP contribution in [0.1, 0.15) is 47.3 Å². The van der Waals surface area contributed by atoms with Crippen LogP contribution >= 0.6 is 11.3 Å². The smallest absolute Gasteiger partial charge is 0.262 e. The molecule has 0 spiro atoms. The van der Waals surface area contributed by atoms with E-state index >= 15 is 0 Å². The zero-order valence-electron chi connectivity index (χ0n) is 21.7. The first-order valence-corrected chi connectivity index (χ1v) is 15.2. The number of hydrogen-bond donors (Lipinski definition) is 3. The molecule has 4 rings (SSSR count). The van der Waals surface area contributed by atoms with E-state index in [0.717, 1.165) is 40.1 Å². The van der Waals surface area contributed by atoms with E-state index in [2.05, 4.69) is 10.6 Å². The van der Waals surface area contributed by atoms with Crippen molar-refractivity contribution in [3.05, 3.63) is 65.0 Å². The topological polar surface area (TPSA) is 140 Å². The molecule has 3 N–H and O–H groups in total. The van der Waals surface area contributed by atoms with Gasteiger partial charge in [-0.25, -0.2) is 8.42 Å². The molecule has 1 fully saturated rings. The van der Waals surface area contributed by atoms with Crippen LogP contribution < -0.4 is 10.6 Å². The molecule has 9 nitrogen and oxygen atoms in total. The van der Waals surface area contributed by atoms with Crippen molar-refractivity contribution in [2.45, 2.75) is 49.1 Å². The van der Waals surface area contributed by atoms with Gasteiger partial charge in [-0.1, -0.05) is 56.0 Å². The van der Waals surface area contributed by atoms with Gasteiger partial charge < -0.3 is 15.7 Å². The van der Waals surface area contributed by atoms with E-state index in [9.17, 15) is 28.4 Å². The number of nitrogens with zero attached hydrogens (tertiary/aromatic N) is 2. The number of carbonyl (C=O) groups excluding carboxylic acids is 2. The van der Waals surface area contributed by atoms with Gasteiger partial charge >= 0.3 is 0 Å². The monoisotopic (exact) mass is 568 g/mol. The van der Waals surface area contributed by atoms with E-state index < -0.39 is 28.1 Å². The third-order valence-electron chi connectivity index (χ3n) is 6.99. The van der Waals surface area contributed by atoms with Gasteiger partial charge in [0.2, 0.25) is 15.9 Å². The van der Waals surface area contributed by atoms with E-state index in [-0.39, 0.29) is 29.5 Å². The van der Waals surface area contributed by atoms with Gasteiger partial charge in [-0.2, -0.15) is 9.57 Å². The summed E-state index contributed by atoms with van der Waals surface area (Å²) in [7, 11) is -2.71. The van der Waals surface area contributed by atoms with Gasteiger partial charge in [0.15, 0.2) is 0 Å². The number of fused-ring (bicyclic) bond motifs is 1. The van der Waals surface area contributed by atoms with E-state index in [4.69, 9.17) is 0 Å². The number of amides is 2. The summed E-state index contributed by atoms with van der Waals surface area (Å²) >= 11 is 1.36. The van der Waals surface area contributed by atoms with E-state index in [0.29, 0.717) is 17.2 Å².